The minimum Gasteiger partial charge on any atom is -0.382 e. The molecule has 1 aromatic rings. The maximum atomic E-state index is 8.95. The van der Waals surface area contributed by atoms with Gasteiger partial charge in [-0.3, -0.25) is 0 Å². The quantitative estimate of drug-likeness (QED) is 0.663. The molecule has 0 aliphatic heterocycles. The Hall–Kier alpha value is -1.75. The summed E-state index contributed by atoms with van der Waals surface area (Å²) in [5.74, 6) is 0. The van der Waals surface area contributed by atoms with E-state index in [1.807, 2.05) is 56.4 Å². The lowest BCUT2D eigenvalue weighted by Gasteiger charge is -2.06. The summed E-state index contributed by atoms with van der Waals surface area (Å²) in [6, 6.07) is 10.1. The lowest BCUT2D eigenvalue weighted by molar-refractivity contribution is 0.566. The van der Waals surface area contributed by atoms with E-state index in [2.05, 4.69) is 6.07 Å². The van der Waals surface area contributed by atoms with E-state index < -0.39 is 0 Å². The summed E-state index contributed by atoms with van der Waals surface area (Å²) >= 11 is 0. The second-order valence-electron chi connectivity index (χ2n) is 3.48. The molecule has 0 aromatic heterocycles. The first-order valence-electron chi connectivity index (χ1n) is 4.49. The SMILES string of the molecule is Cc1ccc(C(C#N)=CN(C)C)cc1. The van der Waals surface area contributed by atoms with Gasteiger partial charge in [0.1, 0.15) is 6.07 Å². The van der Waals surface area contributed by atoms with E-state index in [4.69, 9.17) is 5.26 Å². The molecule has 0 spiro atoms. The number of nitrogens with zero attached hydrogens (tertiary/aromatic N) is 2. The highest BCUT2D eigenvalue weighted by molar-refractivity contribution is 5.76. The lowest BCUT2D eigenvalue weighted by Crippen LogP contribution is -2.02. The molecule has 0 N–H and O–H groups in total. The second kappa shape index (κ2) is 4.48. The molecular formula is C12H14N2. The van der Waals surface area contributed by atoms with Crippen molar-refractivity contribution >= 4 is 5.57 Å². The van der Waals surface area contributed by atoms with Crippen LogP contribution in [0.4, 0.5) is 0 Å². The second-order valence-corrected chi connectivity index (χ2v) is 3.48. The fourth-order valence-electron chi connectivity index (χ4n) is 1.16. The van der Waals surface area contributed by atoms with Gasteiger partial charge >= 0.3 is 0 Å². The first-order chi connectivity index (χ1) is 6.63. The van der Waals surface area contributed by atoms with Crippen LogP contribution in [-0.2, 0) is 0 Å². The van der Waals surface area contributed by atoms with Crippen molar-refractivity contribution in [1.29, 1.82) is 5.26 Å². The highest BCUT2D eigenvalue weighted by Gasteiger charge is 1.99. The number of nitriles is 1. The van der Waals surface area contributed by atoms with E-state index in [-0.39, 0.29) is 0 Å². The van der Waals surface area contributed by atoms with E-state index in [0.717, 1.165) is 5.56 Å². The van der Waals surface area contributed by atoms with Crippen molar-refractivity contribution in [3.05, 3.63) is 41.6 Å². The van der Waals surface area contributed by atoms with Crippen LogP contribution in [0, 0.1) is 18.3 Å². The fraction of sp³-hybridized carbons (Fsp3) is 0.250. The van der Waals surface area contributed by atoms with E-state index >= 15 is 0 Å². The zero-order chi connectivity index (χ0) is 10.6. The molecule has 2 heteroatoms. The van der Waals surface area contributed by atoms with Gasteiger partial charge in [0.05, 0.1) is 5.57 Å². The normalized spacial score (nSPS) is 10.9. The number of hydrogen-bond acceptors (Lipinski definition) is 2. The maximum Gasteiger partial charge on any atom is 0.101 e. The minimum atomic E-state index is 0.690. The third-order valence-electron chi connectivity index (χ3n) is 1.87. The molecule has 72 valence electrons. The monoisotopic (exact) mass is 186 g/mol. The van der Waals surface area contributed by atoms with Gasteiger partial charge < -0.3 is 4.90 Å². The van der Waals surface area contributed by atoms with Gasteiger partial charge in [-0.15, -0.1) is 0 Å². The van der Waals surface area contributed by atoms with Crippen LogP contribution >= 0.6 is 0 Å². The lowest BCUT2D eigenvalue weighted by atomic mass is 10.1. The molecule has 1 rings (SSSR count). The van der Waals surface area contributed by atoms with Crippen LogP contribution in [0.5, 0.6) is 0 Å². The van der Waals surface area contributed by atoms with Gasteiger partial charge in [0.25, 0.3) is 0 Å². The zero-order valence-corrected chi connectivity index (χ0v) is 8.78. The van der Waals surface area contributed by atoms with E-state index in [1.54, 1.807) is 0 Å². The molecule has 0 heterocycles. The first-order valence-corrected chi connectivity index (χ1v) is 4.49. The topological polar surface area (TPSA) is 27.0 Å². The van der Waals surface area contributed by atoms with Crippen LogP contribution in [0.25, 0.3) is 5.57 Å². The van der Waals surface area contributed by atoms with Crippen molar-refractivity contribution in [3.8, 4) is 6.07 Å². The third-order valence-corrected chi connectivity index (χ3v) is 1.87. The minimum absolute atomic E-state index is 0.690. The van der Waals surface area contributed by atoms with Crippen molar-refractivity contribution in [2.45, 2.75) is 6.92 Å². The Balaban J connectivity index is 3.03. The summed E-state index contributed by atoms with van der Waals surface area (Å²) in [6.07, 6.45) is 1.82. The van der Waals surface area contributed by atoms with Gasteiger partial charge in [0, 0.05) is 20.3 Å². The zero-order valence-electron chi connectivity index (χ0n) is 8.78. The molecule has 0 aliphatic carbocycles. The summed E-state index contributed by atoms with van der Waals surface area (Å²) in [5, 5.41) is 8.95. The highest BCUT2D eigenvalue weighted by Crippen LogP contribution is 2.14. The van der Waals surface area contributed by atoms with Crippen LogP contribution in [0.3, 0.4) is 0 Å². The van der Waals surface area contributed by atoms with E-state index in [0.29, 0.717) is 5.57 Å². The molecule has 0 fully saturated rings. The van der Waals surface area contributed by atoms with Gasteiger partial charge in [-0.1, -0.05) is 29.8 Å². The van der Waals surface area contributed by atoms with Crippen molar-refractivity contribution in [3.63, 3.8) is 0 Å². The van der Waals surface area contributed by atoms with Gasteiger partial charge in [-0.2, -0.15) is 5.26 Å². The molecule has 0 bridgehead atoms. The predicted octanol–water partition coefficient (Wildman–Crippen LogP) is 2.42. The molecule has 1 aromatic carbocycles. The molecule has 0 saturated carbocycles. The van der Waals surface area contributed by atoms with Crippen molar-refractivity contribution < 1.29 is 0 Å². The summed E-state index contributed by atoms with van der Waals surface area (Å²) < 4.78 is 0. The summed E-state index contributed by atoms with van der Waals surface area (Å²) in [4.78, 5) is 1.87. The molecule has 0 amide bonds. The first kappa shape index (κ1) is 10.3. The van der Waals surface area contributed by atoms with E-state index in [9.17, 15) is 0 Å². The summed E-state index contributed by atoms with van der Waals surface area (Å²) in [6.45, 7) is 2.03. The fourth-order valence-corrected chi connectivity index (χ4v) is 1.16. The molecule has 0 unspecified atom stereocenters. The number of rotatable bonds is 2. The molecule has 0 radical (unpaired) electrons. The smallest absolute Gasteiger partial charge is 0.101 e. The largest absolute Gasteiger partial charge is 0.382 e. The van der Waals surface area contributed by atoms with Gasteiger partial charge in [-0.05, 0) is 12.5 Å². The molecule has 0 atom stereocenters. The standard InChI is InChI=1S/C12H14N2/c1-10-4-6-11(7-5-10)12(8-13)9-14(2)3/h4-7,9H,1-3H3. The van der Waals surface area contributed by atoms with Crippen LogP contribution in [-0.4, -0.2) is 19.0 Å². The average Bonchev–Trinajstić information content (AvgIpc) is 2.15. The number of benzene rings is 1. The Morgan fingerprint density at radius 2 is 1.86 bits per heavy atom. The highest BCUT2D eigenvalue weighted by atomic mass is 15.0. The van der Waals surface area contributed by atoms with Crippen molar-refractivity contribution in [2.24, 2.45) is 0 Å². The van der Waals surface area contributed by atoms with Crippen molar-refractivity contribution in [1.82, 2.24) is 4.90 Å². The third kappa shape index (κ3) is 2.63. The van der Waals surface area contributed by atoms with Crippen molar-refractivity contribution in [2.75, 3.05) is 14.1 Å². The molecule has 0 saturated heterocycles. The average molecular weight is 186 g/mol. The van der Waals surface area contributed by atoms with Crippen LogP contribution in [0.2, 0.25) is 0 Å². The predicted molar refractivity (Wildman–Crippen MR) is 58.5 cm³/mol. The van der Waals surface area contributed by atoms with E-state index in [1.165, 1.54) is 5.56 Å². The molecular weight excluding hydrogens is 172 g/mol. The van der Waals surface area contributed by atoms with Gasteiger partial charge in [-0.25, -0.2) is 0 Å². The van der Waals surface area contributed by atoms with Crippen LogP contribution in [0.1, 0.15) is 11.1 Å². The summed E-state index contributed by atoms with van der Waals surface area (Å²) in [7, 11) is 3.82. The molecule has 14 heavy (non-hydrogen) atoms. The molecule has 2 nitrogen and oxygen atoms in total. The Bertz CT molecular complexity index is 366. The van der Waals surface area contributed by atoms with Crippen LogP contribution in [0.15, 0.2) is 30.5 Å². The Labute approximate surface area is 85.1 Å². The number of aryl methyl sites for hydroxylation is 1. The number of hydrogen-bond donors (Lipinski definition) is 0. The van der Waals surface area contributed by atoms with Gasteiger partial charge in [0.2, 0.25) is 0 Å². The summed E-state index contributed by atoms with van der Waals surface area (Å²) in [5.41, 5.74) is 2.86. The maximum absolute atomic E-state index is 8.95. The van der Waals surface area contributed by atoms with Crippen LogP contribution < -0.4 is 0 Å². The number of allylic oxidation sites excluding steroid dienone is 1. The Morgan fingerprint density at radius 3 is 2.29 bits per heavy atom. The molecule has 0 aliphatic rings. The Morgan fingerprint density at radius 1 is 1.29 bits per heavy atom. The van der Waals surface area contributed by atoms with Gasteiger partial charge in [0.15, 0.2) is 0 Å². The Kier molecular flexibility index (Phi) is 3.30.